The van der Waals surface area contributed by atoms with Crippen LogP contribution in [-0.4, -0.2) is 38.8 Å². The molecule has 0 fully saturated rings. The zero-order chi connectivity index (χ0) is 18.0. The lowest BCUT2D eigenvalue weighted by Gasteiger charge is -2.21. The predicted molar refractivity (Wildman–Crippen MR) is 92.0 cm³/mol. The van der Waals surface area contributed by atoms with Crippen molar-refractivity contribution in [3.63, 3.8) is 0 Å². The zero-order valence-electron chi connectivity index (χ0n) is 14.2. The van der Waals surface area contributed by atoms with Crippen molar-refractivity contribution in [1.29, 1.82) is 0 Å². The average Bonchev–Trinajstić information content (AvgIpc) is 2.64. The Bertz CT molecular complexity index is 836. The highest BCUT2D eigenvalue weighted by Crippen LogP contribution is 2.39. The molecule has 0 amide bonds. The van der Waals surface area contributed by atoms with Crippen molar-refractivity contribution in [2.75, 3.05) is 27.9 Å². The van der Waals surface area contributed by atoms with Crippen molar-refractivity contribution in [3.05, 3.63) is 47.0 Å². The topological polar surface area (TPSA) is 74.2 Å². The van der Waals surface area contributed by atoms with E-state index in [1.54, 1.807) is 30.3 Å². The summed E-state index contributed by atoms with van der Waals surface area (Å²) >= 11 is 0. The highest BCUT2D eigenvalue weighted by atomic mass is 16.5. The molecule has 0 atom stereocenters. The van der Waals surface area contributed by atoms with Crippen LogP contribution in [0.15, 0.2) is 35.9 Å². The first-order valence-corrected chi connectivity index (χ1v) is 7.58. The summed E-state index contributed by atoms with van der Waals surface area (Å²) in [6.45, 7) is 0.130. The van der Waals surface area contributed by atoms with Gasteiger partial charge < -0.3 is 24.1 Å². The number of ether oxygens (including phenoxy) is 4. The van der Waals surface area contributed by atoms with Crippen molar-refractivity contribution < 1.29 is 28.8 Å². The van der Waals surface area contributed by atoms with Crippen LogP contribution in [-0.2, 0) is 0 Å². The molecule has 25 heavy (non-hydrogen) atoms. The number of benzene rings is 2. The van der Waals surface area contributed by atoms with Gasteiger partial charge >= 0.3 is 0 Å². The molecule has 130 valence electrons. The van der Waals surface area contributed by atoms with Crippen molar-refractivity contribution in [3.8, 4) is 28.7 Å². The maximum absolute atomic E-state index is 12.9. The van der Waals surface area contributed by atoms with E-state index >= 15 is 0 Å². The third-order valence-electron chi connectivity index (χ3n) is 3.94. The molecule has 1 N–H and O–H groups in total. The molecule has 3 rings (SSSR count). The Labute approximate surface area is 145 Å². The Hall–Kier alpha value is -3.15. The third-order valence-corrected chi connectivity index (χ3v) is 3.94. The molecule has 1 aliphatic heterocycles. The predicted octanol–water partition coefficient (Wildman–Crippen LogP) is 3.08. The zero-order valence-corrected chi connectivity index (χ0v) is 14.2. The highest BCUT2D eigenvalue weighted by Gasteiger charge is 2.28. The fourth-order valence-electron chi connectivity index (χ4n) is 2.66. The van der Waals surface area contributed by atoms with Crippen molar-refractivity contribution in [2.45, 2.75) is 0 Å². The normalized spacial score (nSPS) is 14.7. The van der Waals surface area contributed by atoms with E-state index in [9.17, 15) is 9.90 Å². The van der Waals surface area contributed by atoms with Gasteiger partial charge in [0, 0.05) is 17.7 Å². The molecule has 0 saturated carbocycles. The Balaban J connectivity index is 2.01. The highest BCUT2D eigenvalue weighted by molar-refractivity contribution is 6.15. The smallest absolute Gasteiger partial charge is 0.199 e. The molecule has 0 unspecified atom stereocenters. The van der Waals surface area contributed by atoms with E-state index in [2.05, 4.69) is 0 Å². The summed E-state index contributed by atoms with van der Waals surface area (Å²) in [5.41, 5.74) is 1.56. The third kappa shape index (κ3) is 3.10. The standard InChI is InChI=1S/C19H18O6/c1-22-13-8-16(24-3)18-17(9-13)25-10-12(19(18)21)6-11-4-5-14(20)15(7-11)23-2/h4-9,20H,10H2,1-3H3/b12-6+. The van der Waals surface area contributed by atoms with E-state index in [1.165, 1.54) is 27.4 Å². The van der Waals surface area contributed by atoms with Crippen LogP contribution >= 0.6 is 0 Å². The summed E-state index contributed by atoms with van der Waals surface area (Å²) in [6.07, 6.45) is 1.71. The first kappa shape index (κ1) is 16.7. The van der Waals surface area contributed by atoms with Gasteiger partial charge in [0.1, 0.15) is 29.4 Å². The van der Waals surface area contributed by atoms with Gasteiger partial charge in [-0.3, -0.25) is 4.79 Å². The molecule has 0 aliphatic carbocycles. The van der Waals surface area contributed by atoms with E-state index in [4.69, 9.17) is 18.9 Å². The molecule has 0 spiro atoms. The van der Waals surface area contributed by atoms with Crippen LogP contribution in [0.4, 0.5) is 0 Å². The van der Waals surface area contributed by atoms with Gasteiger partial charge in [0.2, 0.25) is 0 Å². The number of fused-ring (bicyclic) bond motifs is 1. The maximum Gasteiger partial charge on any atom is 0.199 e. The van der Waals surface area contributed by atoms with Gasteiger partial charge in [-0.05, 0) is 23.8 Å². The Morgan fingerprint density at radius 3 is 2.48 bits per heavy atom. The molecule has 2 aromatic carbocycles. The second kappa shape index (κ2) is 6.76. The van der Waals surface area contributed by atoms with Gasteiger partial charge in [0.05, 0.1) is 21.3 Å². The van der Waals surface area contributed by atoms with E-state index in [0.29, 0.717) is 34.1 Å². The Morgan fingerprint density at radius 2 is 1.80 bits per heavy atom. The fourth-order valence-corrected chi connectivity index (χ4v) is 2.66. The minimum atomic E-state index is -0.173. The van der Waals surface area contributed by atoms with Crippen LogP contribution in [0, 0.1) is 0 Å². The first-order valence-electron chi connectivity index (χ1n) is 7.58. The number of phenols is 1. The Morgan fingerprint density at radius 1 is 1.04 bits per heavy atom. The number of hydrogen-bond donors (Lipinski definition) is 1. The summed E-state index contributed by atoms with van der Waals surface area (Å²) < 4.78 is 21.3. The van der Waals surface area contributed by atoms with E-state index in [0.717, 1.165) is 5.56 Å². The average molecular weight is 342 g/mol. The molecule has 1 aliphatic rings. The quantitative estimate of drug-likeness (QED) is 0.861. The van der Waals surface area contributed by atoms with Crippen LogP contribution in [0.2, 0.25) is 0 Å². The number of carbonyl (C=O) groups excluding carboxylic acids is 1. The molecule has 0 saturated heterocycles. The second-order valence-electron chi connectivity index (χ2n) is 5.42. The summed E-state index contributed by atoms with van der Waals surface area (Å²) in [7, 11) is 4.50. The molecule has 6 nitrogen and oxygen atoms in total. The molecule has 0 aromatic heterocycles. The van der Waals surface area contributed by atoms with Gasteiger partial charge in [-0.1, -0.05) is 6.07 Å². The monoisotopic (exact) mass is 342 g/mol. The van der Waals surface area contributed by atoms with Gasteiger partial charge in [-0.15, -0.1) is 0 Å². The minimum Gasteiger partial charge on any atom is -0.504 e. The summed E-state index contributed by atoms with van der Waals surface area (Å²) in [5, 5.41) is 9.67. The van der Waals surface area contributed by atoms with Crippen molar-refractivity contribution in [2.24, 2.45) is 0 Å². The van der Waals surface area contributed by atoms with E-state index < -0.39 is 0 Å². The Kier molecular flexibility index (Phi) is 4.52. The number of hydrogen-bond acceptors (Lipinski definition) is 6. The van der Waals surface area contributed by atoms with Gasteiger partial charge in [0.15, 0.2) is 17.3 Å². The summed E-state index contributed by atoms with van der Waals surface area (Å²) in [4.78, 5) is 12.9. The molecular formula is C19H18O6. The second-order valence-corrected chi connectivity index (χ2v) is 5.42. The number of ketones is 1. The first-order chi connectivity index (χ1) is 12.1. The minimum absolute atomic E-state index is 0.0370. The van der Waals surface area contributed by atoms with Crippen LogP contribution < -0.4 is 18.9 Å². The molecule has 6 heteroatoms. The van der Waals surface area contributed by atoms with Crippen molar-refractivity contribution in [1.82, 2.24) is 0 Å². The van der Waals surface area contributed by atoms with Crippen LogP contribution in [0.25, 0.3) is 6.08 Å². The lowest BCUT2D eigenvalue weighted by Crippen LogP contribution is -2.20. The largest absolute Gasteiger partial charge is 0.504 e. The lowest BCUT2D eigenvalue weighted by atomic mass is 9.97. The fraction of sp³-hybridized carbons (Fsp3) is 0.211. The number of Topliss-reactive ketones (excluding diaryl/α,β-unsaturated/α-hetero) is 1. The molecular weight excluding hydrogens is 324 g/mol. The lowest BCUT2D eigenvalue weighted by molar-refractivity contribution is 0.0997. The van der Waals surface area contributed by atoms with E-state index in [1.807, 2.05) is 0 Å². The molecule has 0 radical (unpaired) electrons. The van der Waals surface area contributed by atoms with E-state index in [-0.39, 0.29) is 18.1 Å². The molecule has 2 aromatic rings. The van der Waals surface area contributed by atoms with Crippen molar-refractivity contribution >= 4 is 11.9 Å². The number of aromatic hydroxyl groups is 1. The number of phenolic OH excluding ortho intramolecular Hbond substituents is 1. The number of rotatable bonds is 4. The summed E-state index contributed by atoms with van der Waals surface area (Å²) in [5.74, 6) is 1.58. The number of carbonyl (C=O) groups is 1. The van der Waals surface area contributed by atoms with Crippen LogP contribution in [0.3, 0.4) is 0 Å². The molecule has 0 bridgehead atoms. The summed E-state index contributed by atoms with van der Waals surface area (Å²) in [6, 6.07) is 8.16. The maximum atomic E-state index is 12.9. The van der Waals surface area contributed by atoms with Gasteiger partial charge in [-0.25, -0.2) is 0 Å². The van der Waals surface area contributed by atoms with Gasteiger partial charge in [0.25, 0.3) is 0 Å². The SMILES string of the molecule is COc1cc(OC)c2c(c1)OC/C(=C\c1ccc(O)c(OC)c1)C2=O. The van der Waals surface area contributed by atoms with Crippen LogP contribution in [0.5, 0.6) is 28.7 Å². The van der Waals surface area contributed by atoms with Crippen LogP contribution in [0.1, 0.15) is 15.9 Å². The van der Waals surface area contributed by atoms with Gasteiger partial charge in [-0.2, -0.15) is 0 Å². The molecule has 1 heterocycles. The number of methoxy groups -OCH3 is 3.